The molecule has 5 nitrogen and oxygen atoms in total. The molecule has 1 saturated heterocycles. The summed E-state index contributed by atoms with van der Waals surface area (Å²) in [5, 5.41) is 10.6. The summed E-state index contributed by atoms with van der Waals surface area (Å²) in [4.78, 5) is 31.5. The second-order valence-electron chi connectivity index (χ2n) is 6.00. The van der Waals surface area contributed by atoms with E-state index in [0.29, 0.717) is 6.42 Å². The van der Waals surface area contributed by atoms with Crippen LogP contribution in [0.3, 0.4) is 0 Å². The number of carbonyl (C=O) groups is 2. The van der Waals surface area contributed by atoms with Crippen molar-refractivity contribution in [2.75, 3.05) is 0 Å². The van der Waals surface area contributed by atoms with Gasteiger partial charge in [0.05, 0.1) is 17.5 Å². The van der Waals surface area contributed by atoms with Crippen LogP contribution in [-0.4, -0.2) is 32.9 Å². The van der Waals surface area contributed by atoms with Gasteiger partial charge in [-0.1, -0.05) is 36.9 Å². The monoisotopic (exact) mass is 340 g/mol. The minimum absolute atomic E-state index is 0.000893. The van der Waals surface area contributed by atoms with Crippen LogP contribution in [0.15, 0.2) is 52.0 Å². The van der Waals surface area contributed by atoms with Crippen molar-refractivity contribution in [3.63, 3.8) is 0 Å². The third-order valence-electron chi connectivity index (χ3n) is 4.72. The number of para-hydroxylation sites is 1. The number of carboxylic acid groups (broad SMARTS) is 1. The van der Waals surface area contributed by atoms with Crippen LogP contribution in [0.2, 0.25) is 0 Å². The Labute approximate surface area is 143 Å². The van der Waals surface area contributed by atoms with Crippen molar-refractivity contribution in [2.45, 2.75) is 30.7 Å². The Kier molecular flexibility index (Phi) is 3.57. The van der Waals surface area contributed by atoms with Gasteiger partial charge in [0.25, 0.3) is 0 Å². The number of carbonyl (C=O) groups excluding carboxylic acids is 1. The maximum Gasteiger partial charge on any atom is 0.353 e. The lowest BCUT2D eigenvalue weighted by molar-refractivity contribution is -0.155. The average Bonchev–Trinajstić information content (AvgIpc) is 2.91. The quantitative estimate of drug-likeness (QED) is 0.865. The van der Waals surface area contributed by atoms with Gasteiger partial charge in [-0.15, -0.1) is 0 Å². The van der Waals surface area contributed by atoms with E-state index in [2.05, 4.69) is 4.98 Å². The lowest BCUT2D eigenvalue weighted by Crippen LogP contribution is -2.58. The molecule has 1 aromatic heterocycles. The van der Waals surface area contributed by atoms with Gasteiger partial charge in [-0.2, -0.15) is 0 Å². The van der Waals surface area contributed by atoms with Crippen molar-refractivity contribution in [3.8, 4) is 0 Å². The van der Waals surface area contributed by atoms with E-state index in [4.69, 9.17) is 0 Å². The second-order valence-corrected chi connectivity index (χ2v) is 7.14. The van der Waals surface area contributed by atoms with E-state index in [0.717, 1.165) is 27.1 Å². The van der Waals surface area contributed by atoms with E-state index in [9.17, 15) is 14.7 Å². The average molecular weight is 340 g/mol. The van der Waals surface area contributed by atoms with Crippen molar-refractivity contribution in [1.82, 2.24) is 9.88 Å². The number of hydrogen-bond donors (Lipinski definition) is 1. The SMILES string of the molecule is CC[C@H]1C(=O)N2C(C(=O)O)=C(Sc3cccc4cccnc34)C[C@H]12. The molecule has 6 heteroatoms. The molecule has 2 atom stereocenters. The fourth-order valence-corrected chi connectivity index (χ4v) is 4.80. The lowest BCUT2D eigenvalue weighted by Gasteiger charge is -2.42. The van der Waals surface area contributed by atoms with E-state index in [1.54, 1.807) is 6.20 Å². The smallest absolute Gasteiger partial charge is 0.353 e. The van der Waals surface area contributed by atoms with E-state index < -0.39 is 5.97 Å². The molecule has 0 unspecified atom stereocenters. The molecule has 1 fully saturated rings. The molecule has 1 aromatic carbocycles. The number of pyridine rings is 1. The Morgan fingerprint density at radius 2 is 2.17 bits per heavy atom. The van der Waals surface area contributed by atoms with Gasteiger partial charge in [-0.3, -0.25) is 9.78 Å². The normalized spacial score (nSPS) is 22.7. The van der Waals surface area contributed by atoms with E-state index in [1.807, 2.05) is 37.3 Å². The molecule has 2 aromatic rings. The first kappa shape index (κ1) is 15.2. The third-order valence-corrected chi connectivity index (χ3v) is 5.88. The number of carboxylic acids is 1. The van der Waals surface area contributed by atoms with Crippen LogP contribution in [-0.2, 0) is 9.59 Å². The molecule has 0 aliphatic carbocycles. The number of β-lactam (4-membered cyclic amide) rings is 1. The van der Waals surface area contributed by atoms with Crippen LogP contribution in [0.25, 0.3) is 10.9 Å². The van der Waals surface area contributed by atoms with Crippen molar-refractivity contribution < 1.29 is 14.7 Å². The Bertz CT molecular complexity index is 887. The fraction of sp³-hybridized carbons (Fsp3) is 0.278. The molecular weight excluding hydrogens is 324 g/mol. The van der Waals surface area contributed by atoms with Crippen LogP contribution in [0.4, 0.5) is 0 Å². The lowest BCUT2D eigenvalue weighted by atomic mass is 9.85. The summed E-state index contributed by atoms with van der Waals surface area (Å²) < 4.78 is 0. The predicted octanol–water partition coefficient (Wildman–Crippen LogP) is 3.26. The van der Waals surface area contributed by atoms with Crippen molar-refractivity contribution in [2.24, 2.45) is 5.92 Å². The summed E-state index contributed by atoms with van der Waals surface area (Å²) in [7, 11) is 0. The summed E-state index contributed by atoms with van der Waals surface area (Å²) in [6.45, 7) is 1.97. The number of rotatable bonds is 4. The first-order valence-corrected chi connectivity index (χ1v) is 8.74. The molecule has 0 bridgehead atoms. The summed E-state index contributed by atoms with van der Waals surface area (Å²) in [5.41, 5.74) is 1.00. The zero-order valence-corrected chi connectivity index (χ0v) is 13.9. The molecule has 1 N–H and O–H groups in total. The molecule has 3 heterocycles. The van der Waals surface area contributed by atoms with E-state index in [-0.39, 0.29) is 23.6 Å². The highest BCUT2D eigenvalue weighted by Gasteiger charge is 2.54. The van der Waals surface area contributed by atoms with Gasteiger partial charge in [0, 0.05) is 27.8 Å². The second kappa shape index (κ2) is 5.63. The number of benzene rings is 1. The minimum atomic E-state index is -1.03. The highest BCUT2D eigenvalue weighted by Crippen LogP contribution is 2.49. The molecule has 2 aliphatic rings. The molecule has 0 saturated carbocycles. The van der Waals surface area contributed by atoms with Gasteiger partial charge in [-0.05, 0) is 18.6 Å². The van der Waals surface area contributed by atoms with Crippen molar-refractivity contribution >= 4 is 34.5 Å². The zero-order chi connectivity index (χ0) is 16.8. The molecule has 2 aliphatic heterocycles. The van der Waals surface area contributed by atoms with Gasteiger partial charge in [0.1, 0.15) is 5.70 Å². The van der Waals surface area contributed by atoms with Crippen LogP contribution in [0.1, 0.15) is 19.8 Å². The number of nitrogens with zero attached hydrogens (tertiary/aromatic N) is 2. The maximum absolute atomic E-state index is 12.2. The van der Waals surface area contributed by atoms with Crippen LogP contribution >= 0.6 is 11.8 Å². The number of hydrogen-bond acceptors (Lipinski definition) is 4. The molecule has 122 valence electrons. The van der Waals surface area contributed by atoms with Crippen LogP contribution in [0.5, 0.6) is 0 Å². The molecular formula is C18H16N2O3S. The van der Waals surface area contributed by atoms with Crippen molar-refractivity contribution in [3.05, 3.63) is 47.1 Å². The van der Waals surface area contributed by atoms with Crippen molar-refractivity contribution in [1.29, 1.82) is 0 Å². The topological polar surface area (TPSA) is 70.5 Å². The van der Waals surface area contributed by atoms with Crippen LogP contribution < -0.4 is 0 Å². The molecule has 4 rings (SSSR count). The van der Waals surface area contributed by atoms with Crippen LogP contribution in [0, 0.1) is 5.92 Å². The standard InChI is InChI=1S/C18H16N2O3S/c1-2-11-12-9-14(16(18(22)23)20(12)17(11)21)24-13-7-3-5-10-6-4-8-19-15(10)13/h3-8,11-12H,2,9H2,1H3,(H,22,23)/t11-,12-/m1/s1. The highest BCUT2D eigenvalue weighted by atomic mass is 32.2. The van der Waals surface area contributed by atoms with Gasteiger partial charge in [-0.25, -0.2) is 4.79 Å². The summed E-state index contributed by atoms with van der Waals surface area (Å²) in [5.74, 6) is -1.15. The third kappa shape index (κ3) is 2.13. The molecule has 1 amide bonds. The summed E-state index contributed by atoms with van der Waals surface area (Å²) in [6.07, 6.45) is 3.10. The van der Waals surface area contributed by atoms with Gasteiger partial charge in [0.2, 0.25) is 5.91 Å². The number of aliphatic carboxylic acids is 1. The highest BCUT2D eigenvalue weighted by molar-refractivity contribution is 8.03. The zero-order valence-electron chi connectivity index (χ0n) is 13.1. The van der Waals surface area contributed by atoms with Gasteiger partial charge < -0.3 is 10.0 Å². The summed E-state index contributed by atoms with van der Waals surface area (Å²) >= 11 is 1.42. The predicted molar refractivity (Wildman–Crippen MR) is 91.3 cm³/mol. The van der Waals surface area contributed by atoms with Gasteiger partial charge in [0.15, 0.2) is 0 Å². The van der Waals surface area contributed by atoms with E-state index >= 15 is 0 Å². The first-order valence-electron chi connectivity index (χ1n) is 7.93. The summed E-state index contributed by atoms with van der Waals surface area (Å²) in [6, 6.07) is 9.73. The van der Waals surface area contributed by atoms with Gasteiger partial charge >= 0.3 is 5.97 Å². The number of amides is 1. The Morgan fingerprint density at radius 1 is 1.38 bits per heavy atom. The Hall–Kier alpha value is -2.34. The van der Waals surface area contributed by atoms with E-state index in [1.165, 1.54) is 16.7 Å². The minimum Gasteiger partial charge on any atom is -0.477 e. The number of fused-ring (bicyclic) bond motifs is 2. The molecule has 24 heavy (non-hydrogen) atoms. The Morgan fingerprint density at radius 3 is 2.92 bits per heavy atom. The first-order chi connectivity index (χ1) is 11.6. The fourth-order valence-electron chi connectivity index (χ4n) is 3.59. The Balaban J connectivity index is 1.73. The number of aromatic nitrogens is 1. The molecule has 0 spiro atoms. The number of thioether (sulfide) groups is 1. The largest absolute Gasteiger partial charge is 0.477 e. The maximum atomic E-state index is 12.2. The molecule has 0 radical (unpaired) electrons.